The highest BCUT2D eigenvalue weighted by atomic mass is 79.9. The summed E-state index contributed by atoms with van der Waals surface area (Å²) >= 11 is 3.54. The molecule has 1 aliphatic rings. The number of fused-ring (bicyclic) bond motifs is 3. The van der Waals surface area contributed by atoms with Crippen LogP contribution in [0.2, 0.25) is 0 Å². The first-order valence-electron chi connectivity index (χ1n) is 8.69. The molecule has 4 rings (SSSR count). The highest BCUT2D eigenvalue weighted by molar-refractivity contribution is 9.10. The molecule has 0 radical (unpaired) electrons. The highest BCUT2D eigenvalue weighted by Gasteiger charge is 2.20. The Labute approximate surface area is 155 Å². The third-order valence-corrected chi connectivity index (χ3v) is 4.94. The molecular formula is C19H21BrN4O. The van der Waals surface area contributed by atoms with Crippen molar-refractivity contribution in [2.24, 2.45) is 0 Å². The van der Waals surface area contributed by atoms with Crippen molar-refractivity contribution in [3.63, 3.8) is 0 Å². The van der Waals surface area contributed by atoms with Gasteiger partial charge in [-0.15, -0.1) is 0 Å². The van der Waals surface area contributed by atoms with Crippen LogP contribution in [-0.2, 0) is 12.8 Å². The molecule has 2 aromatic heterocycles. The Hall–Kier alpha value is -2.08. The van der Waals surface area contributed by atoms with Crippen molar-refractivity contribution in [1.82, 2.24) is 15.0 Å². The van der Waals surface area contributed by atoms with Crippen molar-refractivity contribution >= 4 is 38.5 Å². The zero-order valence-corrected chi connectivity index (χ0v) is 16.0. The largest absolute Gasteiger partial charge is 0.489 e. The number of H-pyrrole nitrogens is 1. The second-order valence-electron chi connectivity index (χ2n) is 6.67. The number of hydrogen-bond acceptors (Lipinski definition) is 4. The van der Waals surface area contributed by atoms with Gasteiger partial charge in [-0.25, -0.2) is 9.97 Å². The van der Waals surface area contributed by atoms with Gasteiger partial charge in [-0.05, 0) is 63.3 Å². The standard InChI is InChI=1S/C19H21BrN4O/c1-11(2)25-16-8-7-12(20)9-15(16)24-19-17-13-5-3-4-6-14(13)23-18(17)21-10-22-19/h7-11H,3-6H2,1-2H3,(H2,21,22,23,24). The van der Waals surface area contributed by atoms with Crippen LogP contribution in [0.5, 0.6) is 5.75 Å². The molecule has 0 unspecified atom stereocenters. The van der Waals surface area contributed by atoms with Crippen LogP contribution >= 0.6 is 15.9 Å². The van der Waals surface area contributed by atoms with E-state index in [0.717, 1.165) is 45.6 Å². The van der Waals surface area contributed by atoms with Gasteiger partial charge in [-0.2, -0.15) is 0 Å². The minimum absolute atomic E-state index is 0.104. The zero-order valence-electron chi connectivity index (χ0n) is 14.4. The van der Waals surface area contributed by atoms with Crippen molar-refractivity contribution in [1.29, 1.82) is 0 Å². The number of nitrogens with zero attached hydrogens (tertiary/aromatic N) is 2. The first kappa shape index (κ1) is 16.4. The van der Waals surface area contributed by atoms with Gasteiger partial charge in [-0.3, -0.25) is 0 Å². The van der Waals surface area contributed by atoms with E-state index in [1.807, 2.05) is 32.0 Å². The van der Waals surface area contributed by atoms with E-state index in [1.54, 1.807) is 6.33 Å². The molecule has 0 fully saturated rings. The lowest BCUT2D eigenvalue weighted by atomic mass is 9.96. The normalized spacial score (nSPS) is 13.9. The zero-order chi connectivity index (χ0) is 17.4. The maximum atomic E-state index is 5.94. The Kier molecular flexibility index (Phi) is 4.37. The van der Waals surface area contributed by atoms with Crippen molar-refractivity contribution < 1.29 is 4.74 Å². The fraction of sp³-hybridized carbons (Fsp3) is 0.368. The monoisotopic (exact) mass is 400 g/mol. The van der Waals surface area contributed by atoms with Gasteiger partial charge in [0.05, 0.1) is 17.2 Å². The number of benzene rings is 1. The molecule has 0 saturated carbocycles. The lowest BCUT2D eigenvalue weighted by Gasteiger charge is -2.16. The Morgan fingerprint density at radius 2 is 2.04 bits per heavy atom. The summed E-state index contributed by atoms with van der Waals surface area (Å²) in [5.41, 5.74) is 4.46. The number of ether oxygens (including phenoxy) is 1. The second kappa shape index (κ2) is 6.67. The van der Waals surface area contributed by atoms with Gasteiger partial charge < -0.3 is 15.0 Å². The summed E-state index contributed by atoms with van der Waals surface area (Å²) in [7, 11) is 0. The number of hydrogen-bond donors (Lipinski definition) is 2. The fourth-order valence-corrected chi connectivity index (χ4v) is 3.77. The van der Waals surface area contributed by atoms with Crippen LogP contribution in [0.15, 0.2) is 29.0 Å². The molecule has 0 spiro atoms. The minimum Gasteiger partial charge on any atom is -0.489 e. The lowest BCUT2D eigenvalue weighted by Crippen LogP contribution is -2.08. The summed E-state index contributed by atoms with van der Waals surface area (Å²) in [6.45, 7) is 4.05. The summed E-state index contributed by atoms with van der Waals surface area (Å²) in [4.78, 5) is 12.4. The highest BCUT2D eigenvalue weighted by Crippen LogP contribution is 2.36. The molecule has 1 aromatic carbocycles. The van der Waals surface area contributed by atoms with Crippen molar-refractivity contribution in [2.75, 3.05) is 5.32 Å². The fourth-order valence-electron chi connectivity index (χ4n) is 3.41. The number of aromatic amines is 1. The van der Waals surface area contributed by atoms with E-state index in [2.05, 4.69) is 36.2 Å². The molecule has 3 aromatic rings. The quantitative estimate of drug-likeness (QED) is 0.636. The van der Waals surface area contributed by atoms with Gasteiger partial charge in [0.2, 0.25) is 0 Å². The summed E-state index contributed by atoms with van der Waals surface area (Å²) in [6, 6.07) is 5.97. The summed E-state index contributed by atoms with van der Waals surface area (Å²) < 4.78 is 6.94. The number of halogens is 1. The van der Waals surface area contributed by atoms with Crippen LogP contribution in [0, 0.1) is 0 Å². The summed E-state index contributed by atoms with van der Waals surface area (Å²) in [5.74, 6) is 1.64. The first-order chi connectivity index (χ1) is 12.1. The Morgan fingerprint density at radius 3 is 2.88 bits per heavy atom. The predicted molar refractivity (Wildman–Crippen MR) is 104 cm³/mol. The molecule has 0 atom stereocenters. The summed E-state index contributed by atoms with van der Waals surface area (Å²) in [6.07, 6.45) is 6.32. The van der Waals surface area contributed by atoms with Gasteiger partial charge in [-0.1, -0.05) is 15.9 Å². The van der Waals surface area contributed by atoms with E-state index < -0.39 is 0 Å². The predicted octanol–water partition coefficient (Wildman–Crippen LogP) is 5.13. The number of rotatable bonds is 4. The van der Waals surface area contributed by atoms with Crippen LogP contribution in [-0.4, -0.2) is 21.1 Å². The van der Waals surface area contributed by atoms with Gasteiger partial charge >= 0.3 is 0 Å². The van der Waals surface area contributed by atoms with E-state index >= 15 is 0 Å². The van der Waals surface area contributed by atoms with Crippen LogP contribution in [0.1, 0.15) is 37.9 Å². The van der Waals surface area contributed by atoms with E-state index in [0.29, 0.717) is 0 Å². The van der Waals surface area contributed by atoms with Crippen LogP contribution < -0.4 is 10.1 Å². The molecule has 2 heterocycles. The Balaban J connectivity index is 1.79. The van der Waals surface area contributed by atoms with Gasteiger partial charge in [0, 0.05) is 10.2 Å². The molecule has 25 heavy (non-hydrogen) atoms. The molecule has 0 bridgehead atoms. The number of aromatic nitrogens is 3. The number of nitrogens with one attached hydrogen (secondary N) is 2. The van der Waals surface area contributed by atoms with E-state index in [4.69, 9.17) is 4.74 Å². The smallest absolute Gasteiger partial charge is 0.143 e. The third-order valence-electron chi connectivity index (χ3n) is 4.44. The van der Waals surface area contributed by atoms with E-state index in [1.165, 1.54) is 24.1 Å². The SMILES string of the molecule is CC(C)Oc1ccc(Br)cc1Nc1ncnc2[nH]c3c(c12)CCCC3. The maximum absolute atomic E-state index is 5.94. The third kappa shape index (κ3) is 3.23. The molecule has 0 aliphatic heterocycles. The van der Waals surface area contributed by atoms with Crippen molar-refractivity contribution in [3.8, 4) is 5.75 Å². The Bertz CT molecular complexity index is 919. The number of aryl methyl sites for hydroxylation is 2. The molecule has 5 nitrogen and oxygen atoms in total. The van der Waals surface area contributed by atoms with Gasteiger partial charge in [0.1, 0.15) is 23.5 Å². The minimum atomic E-state index is 0.104. The topological polar surface area (TPSA) is 62.8 Å². The molecule has 0 amide bonds. The first-order valence-corrected chi connectivity index (χ1v) is 9.49. The van der Waals surface area contributed by atoms with Crippen LogP contribution in [0.25, 0.3) is 11.0 Å². The Morgan fingerprint density at radius 1 is 1.20 bits per heavy atom. The van der Waals surface area contributed by atoms with E-state index in [-0.39, 0.29) is 6.10 Å². The van der Waals surface area contributed by atoms with Gasteiger partial charge in [0.25, 0.3) is 0 Å². The molecule has 130 valence electrons. The molecular weight excluding hydrogens is 380 g/mol. The summed E-state index contributed by atoms with van der Waals surface area (Å²) in [5, 5.41) is 4.58. The van der Waals surface area contributed by atoms with Crippen molar-refractivity contribution in [3.05, 3.63) is 40.3 Å². The maximum Gasteiger partial charge on any atom is 0.143 e. The van der Waals surface area contributed by atoms with Crippen LogP contribution in [0.4, 0.5) is 11.5 Å². The molecule has 6 heteroatoms. The lowest BCUT2D eigenvalue weighted by molar-refractivity contribution is 0.244. The van der Waals surface area contributed by atoms with E-state index in [9.17, 15) is 0 Å². The molecule has 2 N–H and O–H groups in total. The van der Waals surface area contributed by atoms with Crippen LogP contribution in [0.3, 0.4) is 0 Å². The van der Waals surface area contributed by atoms with Gasteiger partial charge in [0.15, 0.2) is 0 Å². The average Bonchev–Trinajstić information content (AvgIpc) is 2.96. The molecule has 1 aliphatic carbocycles. The van der Waals surface area contributed by atoms with Crippen molar-refractivity contribution in [2.45, 2.75) is 45.6 Å². The molecule has 0 saturated heterocycles. The average molecular weight is 401 g/mol. The number of anilines is 2. The second-order valence-corrected chi connectivity index (χ2v) is 7.58.